The monoisotopic (exact) mass is 196 g/mol. The standard InChI is InChI=1S/C10H12O4/c1-6-3-7(12)10(8(13)5-11)9(4-6)14-2/h3-4,11-12H,5H2,1-2H3. The van der Waals surface area contributed by atoms with Crippen molar-refractivity contribution < 1.29 is 19.7 Å². The van der Waals surface area contributed by atoms with Crippen molar-refractivity contribution in [2.75, 3.05) is 13.7 Å². The smallest absolute Gasteiger partial charge is 0.195 e. The fourth-order valence-corrected chi connectivity index (χ4v) is 1.25. The summed E-state index contributed by atoms with van der Waals surface area (Å²) in [5, 5.41) is 18.2. The van der Waals surface area contributed by atoms with E-state index < -0.39 is 12.4 Å². The quantitative estimate of drug-likeness (QED) is 0.704. The van der Waals surface area contributed by atoms with Crippen molar-refractivity contribution >= 4 is 5.78 Å². The van der Waals surface area contributed by atoms with E-state index in [-0.39, 0.29) is 17.1 Å². The summed E-state index contributed by atoms with van der Waals surface area (Å²) in [5.41, 5.74) is 0.814. The number of hydrogen-bond acceptors (Lipinski definition) is 4. The Bertz CT molecular complexity index is 357. The molecule has 1 aromatic rings. The number of ether oxygens (including phenoxy) is 1. The van der Waals surface area contributed by atoms with Crippen LogP contribution in [0.5, 0.6) is 11.5 Å². The number of rotatable bonds is 3. The number of carbonyl (C=O) groups excluding carboxylic acids is 1. The van der Waals surface area contributed by atoms with Gasteiger partial charge in [0.25, 0.3) is 0 Å². The van der Waals surface area contributed by atoms with Gasteiger partial charge in [-0.15, -0.1) is 0 Å². The number of methoxy groups -OCH3 is 1. The second kappa shape index (κ2) is 4.11. The molecule has 4 heteroatoms. The van der Waals surface area contributed by atoms with E-state index in [0.717, 1.165) is 5.56 Å². The SMILES string of the molecule is COc1cc(C)cc(O)c1C(=O)CO. The summed E-state index contributed by atoms with van der Waals surface area (Å²) in [7, 11) is 1.41. The predicted octanol–water partition coefficient (Wildman–Crippen LogP) is 0.884. The molecule has 0 radical (unpaired) electrons. The van der Waals surface area contributed by atoms with Gasteiger partial charge in [-0.25, -0.2) is 0 Å². The molecule has 0 saturated heterocycles. The summed E-state index contributed by atoms with van der Waals surface area (Å²) in [6.45, 7) is 1.13. The first-order valence-corrected chi connectivity index (χ1v) is 4.11. The van der Waals surface area contributed by atoms with Crippen LogP contribution in [0.15, 0.2) is 12.1 Å². The summed E-state index contributed by atoms with van der Waals surface area (Å²) in [5.74, 6) is -0.443. The molecular weight excluding hydrogens is 184 g/mol. The Hall–Kier alpha value is -1.55. The van der Waals surface area contributed by atoms with Gasteiger partial charge < -0.3 is 14.9 Å². The zero-order chi connectivity index (χ0) is 10.7. The Morgan fingerprint density at radius 3 is 2.64 bits per heavy atom. The molecule has 4 nitrogen and oxygen atoms in total. The van der Waals surface area contributed by atoms with Crippen molar-refractivity contribution in [3.8, 4) is 11.5 Å². The van der Waals surface area contributed by atoms with Crippen molar-refractivity contribution in [1.82, 2.24) is 0 Å². The average molecular weight is 196 g/mol. The third-order valence-corrected chi connectivity index (χ3v) is 1.87. The van der Waals surface area contributed by atoms with E-state index in [2.05, 4.69) is 0 Å². The maximum Gasteiger partial charge on any atom is 0.195 e. The second-order valence-electron chi connectivity index (χ2n) is 2.94. The number of aryl methyl sites for hydroxylation is 1. The van der Waals surface area contributed by atoms with Gasteiger partial charge in [0.05, 0.1) is 7.11 Å². The Morgan fingerprint density at radius 2 is 2.14 bits per heavy atom. The number of benzene rings is 1. The average Bonchev–Trinajstić information content (AvgIpc) is 2.15. The van der Waals surface area contributed by atoms with Gasteiger partial charge in [-0.2, -0.15) is 0 Å². The first-order valence-electron chi connectivity index (χ1n) is 4.11. The molecule has 0 bridgehead atoms. The zero-order valence-electron chi connectivity index (χ0n) is 8.07. The van der Waals surface area contributed by atoms with Crippen LogP contribution in [-0.2, 0) is 0 Å². The molecular formula is C10H12O4. The summed E-state index contributed by atoms with van der Waals surface area (Å²) in [4.78, 5) is 11.2. The number of aliphatic hydroxyl groups is 1. The highest BCUT2D eigenvalue weighted by molar-refractivity contribution is 6.02. The van der Waals surface area contributed by atoms with Crippen LogP contribution >= 0.6 is 0 Å². The third-order valence-electron chi connectivity index (χ3n) is 1.87. The molecule has 0 aliphatic carbocycles. The number of Topliss-reactive ketones (excluding diaryl/α,β-unsaturated/α-hetero) is 1. The maximum atomic E-state index is 11.2. The van der Waals surface area contributed by atoms with Gasteiger partial charge >= 0.3 is 0 Å². The topological polar surface area (TPSA) is 66.8 Å². The number of aromatic hydroxyl groups is 1. The van der Waals surface area contributed by atoms with Gasteiger partial charge in [0, 0.05) is 0 Å². The molecule has 0 aliphatic heterocycles. The number of carbonyl (C=O) groups is 1. The lowest BCUT2D eigenvalue weighted by Crippen LogP contribution is -2.07. The largest absolute Gasteiger partial charge is 0.507 e. The van der Waals surface area contributed by atoms with Crippen LogP contribution in [0, 0.1) is 6.92 Å². The first kappa shape index (κ1) is 10.5. The highest BCUT2D eigenvalue weighted by Gasteiger charge is 2.16. The van der Waals surface area contributed by atoms with E-state index in [4.69, 9.17) is 9.84 Å². The van der Waals surface area contributed by atoms with E-state index in [1.165, 1.54) is 13.2 Å². The van der Waals surface area contributed by atoms with Crippen molar-refractivity contribution in [2.24, 2.45) is 0 Å². The van der Waals surface area contributed by atoms with Gasteiger partial charge in [0.1, 0.15) is 23.7 Å². The summed E-state index contributed by atoms with van der Waals surface area (Å²) >= 11 is 0. The van der Waals surface area contributed by atoms with Crippen molar-refractivity contribution in [3.05, 3.63) is 23.3 Å². The van der Waals surface area contributed by atoms with Gasteiger partial charge in [0.2, 0.25) is 0 Å². The molecule has 0 unspecified atom stereocenters. The lowest BCUT2D eigenvalue weighted by atomic mass is 10.1. The van der Waals surface area contributed by atoms with E-state index in [0.29, 0.717) is 0 Å². The summed E-state index contributed by atoms with van der Waals surface area (Å²) in [6.07, 6.45) is 0. The molecule has 1 aromatic carbocycles. The van der Waals surface area contributed by atoms with Gasteiger partial charge in [-0.3, -0.25) is 4.79 Å². The fourth-order valence-electron chi connectivity index (χ4n) is 1.25. The highest BCUT2D eigenvalue weighted by atomic mass is 16.5. The molecule has 0 spiro atoms. The van der Waals surface area contributed by atoms with Gasteiger partial charge in [-0.05, 0) is 24.6 Å². The molecule has 0 aliphatic rings. The number of phenols is 1. The van der Waals surface area contributed by atoms with Gasteiger partial charge in [-0.1, -0.05) is 0 Å². The van der Waals surface area contributed by atoms with Crippen LogP contribution in [0.2, 0.25) is 0 Å². The molecule has 2 N–H and O–H groups in total. The number of hydrogen-bond donors (Lipinski definition) is 2. The Kier molecular flexibility index (Phi) is 3.09. The summed E-state index contributed by atoms with van der Waals surface area (Å²) < 4.78 is 4.94. The molecule has 0 heterocycles. The maximum absolute atomic E-state index is 11.2. The predicted molar refractivity (Wildman–Crippen MR) is 50.8 cm³/mol. The summed E-state index contributed by atoms with van der Waals surface area (Å²) in [6, 6.07) is 3.08. The lowest BCUT2D eigenvalue weighted by Gasteiger charge is -2.09. The van der Waals surface area contributed by atoms with E-state index >= 15 is 0 Å². The lowest BCUT2D eigenvalue weighted by molar-refractivity contribution is 0.0897. The molecule has 0 saturated carbocycles. The molecule has 0 atom stereocenters. The van der Waals surface area contributed by atoms with Crippen LogP contribution in [0.1, 0.15) is 15.9 Å². The van der Waals surface area contributed by atoms with Crippen molar-refractivity contribution in [1.29, 1.82) is 0 Å². The molecule has 76 valence electrons. The normalized spacial score (nSPS) is 9.93. The molecule has 1 rings (SSSR count). The van der Waals surface area contributed by atoms with Crippen LogP contribution in [0.3, 0.4) is 0 Å². The van der Waals surface area contributed by atoms with E-state index in [1.54, 1.807) is 13.0 Å². The fraction of sp³-hybridized carbons (Fsp3) is 0.300. The highest BCUT2D eigenvalue weighted by Crippen LogP contribution is 2.29. The van der Waals surface area contributed by atoms with Crippen LogP contribution in [-0.4, -0.2) is 29.7 Å². The molecule has 14 heavy (non-hydrogen) atoms. The minimum atomic E-state index is -0.646. The van der Waals surface area contributed by atoms with E-state index in [9.17, 15) is 9.90 Å². The first-order chi connectivity index (χ1) is 6.60. The van der Waals surface area contributed by atoms with Crippen LogP contribution in [0.4, 0.5) is 0 Å². The van der Waals surface area contributed by atoms with Crippen molar-refractivity contribution in [2.45, 2.75) is 6.92 Å². The minimum Gasteiger partial charge on any atom is -0.507 e. The Balaban J connectivity index is 3.32. The minimum absolute atomic E-state index is 0.0283. The number of aliphatic hydroxyl groups excluding tert-OH is 1. The Morgan fingerprint density at radius 1 is 1.50 bits per heavy atom. The van der Waals surface area contributed by atoms with Crippen LogP contribution < -0.4 is 4.74 Å². The van der Waals surface area contributed by atoms with Crippen molar-refractivity contribution in [3.63, 3.8) is 0 Å². The second-order valence-corrected chi connectivity index (χ2v) is 2.94. The van der Waals surface area contributed by atoms with E-state index in [1.807, 2.05) is 0 Å². The van der Waals surface area contributed by atoms with Gasteiger partial charge in [0.15, 0.2) is 5.78 Å². The molecule has 0 aromatic heterocycles. The molecule has 0 fully saturated rings. The number of ketones is 1. The Labute approximate surface area is 81.8 Å². The third kappa shape index (κ3) is 1.85. The zero-order valence-corrected chi connectivity index (χ0v) is 8.07. The van der Waals surface area contributed by atoms with Crippen LogP contribution in [0.25, 0.3) is 0 Å². The molecule has 0 amide bonds. The number of phenolic OH excluding ortho intramolecular Hbond substituents is 1.